The van der Waals surface area contributed by atoms with E-state index in [4.69, 9.17) is 0 Å². The predicted octanol–water partition coefficient (Wildman–Crippen LogP) is 2.31. The van der Waals surface area contributed by atoms with Crippen LogP contribution in [-0.2, 0) is 6.54 Å². The van der Waals surface area contributed by atoms with Gasteiger partial charge in [0.25, 0.3) is 0 Å². The third-order valence-electron chi connectivity index (χ3n) is 3.64. The Labute approximate surface area is 97.7 Å². The quantitative estimate of drug-likeness (QED) is 0.814. The van der Waals surface area contributed by atoms with Gasteiger partial charge in [-0.2, -0.15) is 0 Å². The summed E-state index contributed by atoms with van der Waals surface area (Å²) < 4.78 is 0. The highest BCUT2D eigenvalue weighted by molar-refractivity contribution is 5.29. The maximum Gasteiger partial charge on any atom is 0.0771 e. The van der Waals surface area contributed by atoms with Gasteiger partial charge in [-0.1, -0.05) is 18.2 Å². The Morgan fingerprint density at radius 1 is 1.25 bits per heavy atom. The molecule has 0 amide bonds. The molecule has 2 rings (SSSR count). The lowest BCUT2D eigenvalue weighted by molar-refractivity contribution is -0.0314. The zero-order valence-corrected chi connectivity index (χ0v) is 10.2. The molecule has 0 aliphatic heterocycles. The summed E-state index contributed by atoms with van der Waals surface area (Å²) in [5, 5.41) is 13.3. The summed E-state index contributed by atoms with van der Waals surface area (Å²) in [6, 6.07) is 6.53. The first-order valence-corrected chi connectivity index (χ1v) is 6.08. The van der Waals surface area contributed by atoms with Crippen LogP contribution in [0.4, 0.5) is 0 Å². The minimum Gasteiger partial charge on any atom is -0.389 e. The molecule has 0 bridgehead atoms. The lowest BCUT2D eigenvalue weighted by Gasteiger charge is -2.36. The lowest BCUT2D eigenvalue weighted by atomic mass is 9.80. The lowest BCUT2D eigenvalue weighted by Crippen LogP contribution is -2.45. The normalized spacial score (nSPS) is 18.2. The Morgan fingerprint density at radius 2 is 2.00 bits per heavy atom. The van der Waals surface area contributed by atoms with E-state index in [-0.39, 0.29) is 0 Å². The van der Waals surface area contributed by atoms with Gasteiger partial charge in [0.2, 0.25) is 0 Å². The monoisotopic (exact) mass is 219 g/mol. The molecule has 0 spiro atoms. The summed E-state index contributed by atoms with van der Waals surface area (Å²) in [6.45, 7) is 5.84. The molecule has 1 fully saturated rings. The van der Waals surface area contributed by atoms with Crippen LogP contribution in [0.5, 0.6) is 0 Å². The molecule has 1 aliphatic rings. The Kier molecular flexibility index (Phi) is 3.31. The zero-order chi connectivity index (χ0) is 11.6. The van der Waals surface area contributed by atoms with Crippen molar-refractivity contribution in [1.82, 2.24) is 5.32 Å². The predicted molar refractivity (Wildman–Crippen MR) is 66.4 cm³/mol. The van der Waals surface area contributed by atoms with Crippen LogP contribution in [0.2, 0.25) is 0 Å². The molecule has 2 heteroatoms. The number of aryl methyl sites for hydroxylation is 2. The molecule has 2 nitrogen and oxygen atoms in total. The Hall–Kier alpha value is -0.860. The molecule has 1 aromatic carbocycles. The molecule has 0 atom stereocenters. The fourth-order valence-electron chi connectivity index (χ4n) is 2.11. The SMILES string of the molecule is Cc1ccc(CNCC2(O)CCC2)cc1C. The summed E-state index contributed by atoms with van der Waals surface area (Å²) in [7, 11) is 0. The van der Waals surface area contributed by atoms with Crippen molar-refractivity contribution in [2.24, 2.45) is 0 Å². The third-order valence-corrected chi connectivity index (χ3v) is 3.64. The highest BCUT2D eigenvalue weighted by Crippen LogP contribution is 2.30. The van der Waals surface area contributed by atoms with Gasteiger partial charge in [-0.25, -0.2) is 0 Å². The zero-order valence-electron chi connectivity index (χ0n) is 10.2. The summed E-state index contributed by atoms with van der Waals surface area (Å²) >= 11 is 0. The van der Waals surface area contributed by atoms with E-state index in [2.05, 4.69) is 37.4 Å². The minimum atomic E-state index is -0.417. The van der Waals surface area contributed by atoms with Crippen molar-refractivity contribution in [3.05, 3.63) is 34.9 Å². The van der Waals surface area contributed by atoms with Crippen LogP contribution < -0.4 is 5.32 Å². The van der Waals surface area contributed by atoms with Gasteiger partial charge in [-0.05, 0) is 49.8 Å². The van der Waals surface area contributed by atoms with E-state index in [9.17, 15) is 5.11 Å². The fraction of sp³-hybridized carbons (Fsp3) is 0.571. The maximum atomic E-state index is 9.92. The van der Waals surface area contributed by atoms with Crippen molar-refractivity contribution in [1.29, 1.82) is 0 Å². The first-order valence-electron chi connectivity index (χ1n) is 6.08. The maximum absolute atomic E-state index is 9.92. The first kappa shape index (κ1) is 11.6. The smallest absolute Gasteiger partial charge is 0.0771 e. The molecule has 0 radical (unpaired) electrons. The molecule has 1 aliphatic carbocycles. The van der Waals surface area contributed by atoms with Gasteiger partial charge in [0.1, 0.15) is 0 Å². The number of hydrogen-bond donors (Lipinski definition) is 2. The third kappa shape index (κ3) is 2.63. The number of nitrogens with one attached hydrogen (secondary N) is 1. The molecule has 0 unspecified atom stereocenters. The van der Waals surface area contributed by atoms with Crippen molar-refractivity contribution >= 4 is 0 Å². The molecule has 0 heterocycles. The minimum absolute atomic E-state index is 0.417. The molecule has 1 aromatic rings. The van der Waals surface area contributed by atoms with Crippen molar-refractivity contribution in [3.8, 4) is 0 Å². The molecular weight excluding hydrogens is 198 g/mol. The molecule has 1 saturated carbocycles. The summed E-state index contributed by atoms with van der Waals surface area (Å²) in [6.07, 6.45) is 3.07. The van der Waals surface area contributed by atoms with Crippen LogP contribution >= 0.6 is 0 Å². The van der Waals surface area contributed by atoms with Crippen molar-refractivity contribution in [3.63, 3.8) is 0 Å². The largest absolute Gasteiger partial charge is 0.389 e. The Morgan fingerprint density at radius 3 is 2.56 bits per heavy atom. The van der Waals surface area contributed by atoms with Gasteiger partial charge < -0.3 is 10.4 Å². The average Bonchev–Trinajstić information content (AvgIpc) is 2.21. The van der Waals surface area contributed by atoms with E-state index < -0.39 is 5.60 Å². The van der Waals surface area contributed by atoms with Crippen LogP contribution in [0.15, 0.2) is 18.2 Å². The van der Waals surface area contributed by atoms with E-state index in [0.717, 1.165) is 25.9 Å². The summed E-state index contributed by atoms with van der Waals surface area (Å²) in [5.74, 6) is 0. The van der Waals surface area contributed by atoms with Gasteiger partial charge in [-0.3, -0.25) is 0 Å². The number of hydrogen-bond acceptors (Lipinski definition) is 2. The second-order valence-electron chi connectivity index (χ2n) is 5.10. The van der Waals surface area contributed by atoms with Crippen LogP contribution in [0.3, 0.4) is 0 Å². The van der Waals surface area contributed by atoms with Gasteiger partial charge in [-0.15, -0.1) is 0 Å². The fourth-order valence-corrected chi connectivity index (χ4v) is 2.11. The Bertz CT molecular complexity index is 369. The van der Waals surface area contributed by atoms with E-state index in [1.807, 2.05) is 0 Å². The molecule has 88 valence electrons. The van der Waals surface area contributed by atoms with Crippen LogP contribution in [0.1, 0.15) is 36.0 Å². The highest BCUT2D eigenvalue weighted by Gasteiger charge is 2.33. The molecular formula is C14H21NO. The second kappa shape index (κ2) is 4.56. The van der Waals surface area contributed by atoms with Gasteiger partial charge in [0.05, 0.1) is 5.60 Å². The molecule has 0 aromatic heterocycles. The number of aliphatic hydroxyl groups is 1. The number of rotatable bonds is 4. The molecule has 0 saturated heterocycles. The average molecular weight is 219 g/mol. The van der Waals surface area contributed by atoms with Crippen LogP contribution in [0.25, 0.3) is 0 Å². The topological polar surface area (TPSA) is 32.3 Å². The van der Waals surface area contributed by atoms with E-state index in [1.54, 1.807) is 0 Å². The standard InChI is InChI=1S/C14H21NO/c1-11-4-5-13(8-12(11)2)9-15-10-14(16)6-3-7-14/h4-5,8,15-16H,3,6-7,9-10H2,1-2H3. The summed E-state index contributed by atoms with van der Waals surface area (Å²) in [4.78, 5) is 0. The van der Waals surface area contributed by atoms with E-state index >= 15 is 0 Å². The van der Waals surface area contributed by atoms with Gasteiger partial charge in [0, 0.05) is 13.1 Å². The Balaban J connectivity index is 1.83. The van der Waals surface area contributed by atoms with Crippen molar-refractivity contribution < 1.29 is 5.11 Å². The van der Waals surface area contributed by atoms with Gasteiger partial charge in [0.15, 0.2) is 0 Å². The van der Waals surface area contributed by atoms with Crippen LogP contribution in [0, 0.1) is 13.8 Å². The highest BCUT2D eigenvalue weighted by atomic mass is 16.3. The second-order valence-corrected chi connectivity index (χ2v) is 5.10. The number of benzene rings is 1. The molecule has 2 N–H and O–H groups in total. The van der Waals surface area contributed by atoms with E-state index in [1.165, 1.54) is 23.1 Å². The van der Waals surface area contributed by atoms with Gasteiger partial charge >= 0.3 is 0 Å². The van der Waals surface area contributed by atoms with Crippen molar-refractivity contribution in [2.75, 3.05) is 6.54 Å². The van der Waals surface area contributed by atoms with Crippen LogP contribution in [-0.4, -0.2) is 17.3 Å². The summed E-state index contributed by atoms with van der Waals surface area (Å²) in [5.41, 5.74) is 3.55. The van der Waals surface area contributed by atoms with E-state index in [0.29, 0.717) is 0 Å². The first-order chi connectivity index (χ1) is 7.59. The molecule has 16 heavy (non-hydrogen) atoms. The van der Waals surface area contributed by atoms with Crippen molar-refractivity contribution in [2.45, 2.75) is 45.3 Å².